The summed E-state index contributed by atoms with van der Waals surface area (Å²) in [6, 6.07) is 12.7. The highest BCUT2D eigenvalue weighted by atomic mass is 35.5. The van der Waals surface area contributed by atoms with Gasteiger partial charge in [-0.2, -0.15) is 0 Å². The van der Waals surface area contributed by atoms with Crippen LogP contribution in [-0.4, -0.2) is 18.1 Å². The molecular weight excluding hydrogens is 302 g/mol. The molecule has 0 heterocycles. The van der Waals surface area contributed by atoms with Crippen LogP contribution in [0.5, 0.6) is 5.75 Å². The molecule has 0 aliphatic rings. The van der Waals surface area contributed by atoms with Gasteiger partial charge in [-0.25, -0.2) is 0 Å². The smallest absolute Gasteiger partial charge is 0.224 e. The molecule has 5 heteroatoms. The van der Waals surface area contributed by atoms with E-state index in [-0.39, 0.29) is 18.9 Å². The highest BCUT2D eigenvalue weighted by molar-refractivity contribution is 6.31. The molecule has 0 radical (unpaired) electrons. The van der Waals surface area contributed by atoms with Crippen molar-refractivity contribution in [1.82, 2.24) is 5.32 Å². The number of halogens is 1. The van der Waals surface area contributed by atoms with Gasteiger partial charge in [0.15, 0.2) is 0 Å². The number of carbonyl (C=O) groups is 1. The first-order valence-corrected chi connectivity index (χ1v) is 7.28. The van der Waals surface area contributed by atoms with Crippen LogP contribution in [0, 0.1) is 0 Å². The normalized spacial score (nSPS) is 10.3. The Hall–Kier alpha value is -2.04. The predicted molar refractivity (Wildman–Crippen MR) is 85.9 cm³/mol. The zero-order valence-corrected chi connectivity index (χ0v) is 13.1. The van der Waals surface area contributed by atoms with Crippen LogP contribution in [0.1, 0.15) is 16.7 Å². The van der Waals surface area contributed by atoms with Crippen LogP contribution >= 0.6 is 11.6 Å². The van der Waals surface area contributed by atoms with Crippen LogP contribution in [0.4, 0.5) is 0 Å². The van der Waals surface area contributed by atoms with Gasteiger partial charge in [0.1, 0.15) is 5.75 Å². The van der Waals surface area contributed by atoms with Gasteiger partial charge >= 0.3 is 0 Å². The Morgan fingerprint density at radius 2 is 1.91 bits per heavy atom. The Balaban J connectivity index is 1.96. The van der Waals surface area contributed by atoms with E-state index < -0.39 is 0 Å². The topological polar surface area (TPSA) is 58.6 Å². The van der Waals surface area contributed by atoms with Gasteiger partial charge in [-0.15, -0.1) is 0 Å². The van der Waals surface area contributed by atoms with Crippen molar-refractivity contribution in [3.8, 4) is 5.75 Å². The number of carbonyl (C=O) groups excluding carboxylic acids is 1. The summed E-state index contributed by atoms with van der Waals surface area (Å²) in [7, 11) is 1.57. The van der Waals surface area contributed by atoms with E-state index in [4.69, 9.17) is 16.3 Å². The van der Waals surface area contributed by atoms with Gasteiger partial charge in [-0.3, -0.25) is 4.79 Å². The van der Waals surface area contributed by atoms with Crippen molar-refractivity contribution < 1.29 is 14.6 Å². The molecule has 2 N–H and O–H groups in total. The third-order valence-electron chi connectivity index (χ3n) is 3.38. The van der Waals surface area contributed by atoms with Crippen molar-refractivity contribution in [3.05, 3.63) is 64.2 Å². The summed E-state index contributed by atoms with van der Waals surface area (Å²) in [6.07, 6.45) is 0.199. The van der Waals surface area contributed by atoms with Crippen LogP contribution in [-0.2, 0) is 24.4 Å². The molecule has 0 fully saturated rings. The molecule has 0 aliphatic heterocycles. The molecule has 2 aromatic carbocycles. The van der Waals surface area contributed by atoms with Gasteiger partial charge in [0.25, 0.3) is 0 Å². The minimum atomic E-state index is -0.125. The highest BCUT2D eigenvalue weighted by Crippen LogP contribution is 2.22. The first-order valence-electron chi connectivity index (χ1n) is 6.90. The fourth-order valence-electron chi connectivity index (χ4n) is 2.11. The SMILES string of the molecule is COc1ccc(CC(=O)NCc2ccccc2CO)c(Cl)c1. The number of hydrogen-bond donors (Lipinski definition) is 2. The van der Waals surface area contributed by atoms with Crippen LogP contribution in [0.25, 0.3) is 0 Å². The van der Waals surface area contributed by atoms with Crippen molar-refractivity contribution >= 4 is 17.5 Å². The zero-order chi connectivity index (χ0) is 15.9. The maximum absolute atomic E-state index is 12.0. The second-order valence-corrected chi connectivity index (χ2v) is 5.24. The van der Waals surface area contributed by atoms with Crippen LogP contribution < -0.4 is 10.1 Å². The monoisotopic (exact) mass is 319 g/mol. The van der Waals surface area contributed by atoms with Crippen molar-refractivity contribution in [2.45, 2.75) is 19.6 Å². The van der Waals surface area contributed by atoms with Crippen LogP contribution in [0.3, 0.4) is 0 Å². The molecule has 22 heavy (non-hydrogen) atoms. The summed E-state index contributed by atoms with van der Waals surface area (Å²) in [5, 5.41) is 12.6. The lowest BCUT2D eigenvalue weighted by Crippen LogP contribution is -2.25. The van der Waals surface area contributed by atoms with Crippen molar-refractivity contribution in [1.29, 1.82) is 0 Å². The molecule has 0 aromatic heterocycles. The van der Waals surface area contributed by atoms with E-state index in [1.54, 1.807) is 25.3 Å². The molecule has 116 valence electrons. The zero-order valence-electron chi connectivity index (χ0n) is 12.3. The Kier molecular flexibility index (Phi) is 5.81. The number of methoxy groups -OCH3 is 1. The summed E-state index contributed by atoms with van der Waals surface area (Å²) in [5.41, 5.74) is 2.46. The van der Waals surface area contributed by atoms with E-state index in [0.717, 1.165) is 16.7 Å². The van der Waals surface area contributed by atoms with Gasteiger partial charge in [0, 0.05) is 11.6 Å². The number of aliphatic hydroxyl groups is 1. The second-order valence-electron chi connectivity index (χ2n) is 4.84. The van der Waals surface area contributed by atoms with Gasteiger partial charge in [-0.05, 0) is 28.8 Å². The van der Waals surface area contributed by atoms with Gasteiger partial charge in [0.05, 0.1) is 20.1 Å². The van der Waals surface area contributed by atoms with E-state index in [0.29, 0.717) is 17.3 Å². The maximum Gasteiger partial charge on any atom is 0.224 e. The van der Waals surface area contributed by atoms with E-state index in [1.165, 1.54) is 0 Å². The molecule has 0 aliphatic carbocycles. The Bertz CT molecular complexity index is 658. The lowest BCUT2D eigenvalue weighted by atomic mass is 10.1. The molecule has 0 atom stereocenters. The van der Waals surface area contributed by atoms with Crippen molar-refractivity contribution in [2.75, 3.05) is 7.11 Å². The summed E-state index contributed by atoms with van der Waals surface area (Å²) >= 11 is 6.12. The van der Waals surface area contributed by atoms with E-state index in [9.17, 15) is 9.90 Å². The van der Waals surface area contributed by atoms with Crippen LogP contribution in [0.15, 0.2) is 42.5 Å². The average molecular weight is 320 g/mol. The average Bonchev–Trinajstić information content (AvgIpc) is 2.55. The lowest BCUT2D eigenvalue weighted by Gasteiger charge is -2.10. The Morgan fingerprint density at radius 1 is 1.18 bits per heavy atom. The van der Waals surface area contributed by atoms with Crippen LogP contribution in [0.2, 0.25) is 5.02 Å². The first-order chi connectivity index (χ1) is 10.6. The fourth-order valence-corrected chi connectivity index (χ4v) is 2.35. The molecule has 2 aromatic rings. The summed E-state index contributed by atoms with van der Waals surface area (Å²) in [6.45, 7) is 0.333. The molecule has 0 saturated heterocycles. The number of aliphatic hydroxyl groups excluding tert-OH is 1. The third-order valence-corrected chi connectivity index (χ3v) is 3.73. The standard InChI is InChI=1S/C17H18ClNO3/c1-22-15-7-6-12(16(18)9-15)8-17(21)19-10-13-4-2-3-5-14(13)11-20/h2-7,9,20H,8,10-11H2,1H3,(H,19,21). The van der Waals surface area contributed by atoms with Crippen molar-refractivity contribution in [2.24, 2.45) is 0 Å². The molecule has 0 unspecified atom stereocenters. The Labute approximate surface area is 134 Å². The minimum absolute atomic E-state index is 0.0453. The number of nitrogens with one attached hydrogen (secondary N) is 1. The fraction of sp³-hybridized carbons (Fsp3) is 0.235. The number of benzene rings is 2. The minimum Gasteiger partial charge on any atom is -0.497 e. The quantitative estimate of drug-likeness (QED) is 0.860. The Morgan fingerprint density at radius 3 is 2.55 bits per heavy atom. The largest absolute Gasteiger partial charge is 0.497 e. The predicted octanol–water partition coefficient (Wildman–Crippen LogP) is 2.70. The van der Waals surface area contributed by atoms with Gasteiger partial charge in [-0.1, -0.05) is 41.9 Å². The van der Waals surface area contributed by atoms with Gasteiger partial charge in [0.2, 0.25) is 5.91 Å². The number of rotatable bonds is 6. The van der Waals surface area contributed by atoms with E-state index in [2.05, 4.69) is 5.32 Å². The summed E-state index contributed by atoms with van der Waals surface area (Å²) in [4.78, 5) is 12.0. The molecule has 1 amide bonds. The lowest BCUT2D eigenvalue weighted by molar-refractivity contribution is -0.120. The van der Waals surface area contributed by atoms with E-state index in [1.807, 2.05) is 24.3 Å². The number of ether oxygens (including phenoxy) is 1. The first kappa shape index (κ1) is 16.3. The number of hydrogen-bond acceptors (Lipinski definition) is 3. The van der Waals surface area contributed by atoms with Gasteiger partial charge < -0.3 is 15.2 Å². The van der Waals surface area contributed by atoms with E-state index >= 15 is 0 Å². The number of amides is 1. The highest BCUT2D eigenvalue weighted by Gasteiger charge is 2.09. The third kappa shape index (κ3) is 4.23. The summed E-state index contributed by atoms with van der Waals surface area (Å²) < 4.78 is 5.08. The molecule has 0 spiro atoms. The van der Waals surface area contributed by atoms with Crippen molar-refractivity contribution in [3.63, 3.8) is 0 Å². The molecule has 2 rings (SSSR count). The maximum atomic E-state index is 12.0. The second kappa shape index (κ2) is 7.82. The molecule has 0 bridgehead atoms. The molecular formula is C17H18ClNO3. The summed E-state index contributed by atoms with van der Waals surface area (Å²) in [5.74, 6) is 0.533. The molecule has 0 saturated carbocycles. The molecule has 4 nitrogen and oxygen atoms in total.